The largest absolute Gasteiger partial charge is 0.493 e. The van der Waals surface area contributed by atoms with Gasteiger partial charge in [-0.15, -0.1) is 0 Å². The van der Waals surface area contributed by atoms with E-state index < -0.39 is 12.1 Å². The fourth-order valence-corrected chi connectivity index (χ4v) is 4.14. The highest BCUT2D eigenvalue weighted by Gasteiger charge is 2.21. The number of ether oxygens (including phenoxy) is 4. The smallest absolute Gasteiger partial charge is 0.337 e. The number of methoxy groups -OCH3 is 2. The van der Waals surface area contributed by atoms with Crippen LogP contribution in [-0.4, -0.2) is 50.1 Å². The predicted octanol–water partition coefficient (Wildman–Crippen LogP) is 5.77. The summed E-state index contributed by atoms with van der Waals surface area (Å²) >= 11 is 0. The number of carbonyl (C=O) groups excluding carboxylic acids is 1. The maximum atomic E-state index is 13.9. The molecule has 0 aliphatic carbocycles. The molecule has 0 heterocycles. The van der Waals surface area contributed by atoms with Crippen LogP contribution in [-0.2, 0) is 15.9 Å². The first-order chi connectivity index (χ1) is 18.5. The zero-order chi connectivity index (χ0) is 28.6. The number of carbonyl (C=O) groups is 1. The predicted molar refractivity (Wildman–Crippen MR) is 148 cm³/mol. The molecule has 3 aromatic rings. The first-order valence-corrected chi connectivity index (χ1v) is 12.9. The summed E-state index contributed by atoms with van der Waals surface area (Å²) < 4.78 is 36.2. The van der Waals surface area contributed by atoms with Crippen molar-refractivity contribution in [2.24, 2.45) is 0 Å². The van der Waals surface area contributed by atoms with Gasteiger partial charge in [0.25, 0.3) is 0 Å². The number of benzene rings is 3. The molecule has 0 bridgehead atoms. The van der Waals surface area contributed by atoms with Gasteiger partial charge in [-0.1, -0.05) is 30.3 Å². The van der Waals surface area contributed by atoms with Gasteiger partial charge in [-0.05, 0) is 75.6 Å². The molecule has 0 aliphatic rings. The number of hydrogen-bond acceptors (Lipinski definition) is 7. The number of nitrogens with one attached hydrogen (secondary N) is 1. The molecular weight excluding hydrogens is 501 g/mol. The fraction of sp³-hybridized carbons (Fsp3) is 0.387. The lowest BCUT2D eigenvalue weighted by atomic mass is 9.94. The summed E-state index contributed by atoms with van der Waals surface area (Å²) in [6, 6.07) is 17.5. The van der Waals surface area contributed by atoms with Gasteiger partial charge in [0, 0.05) is 17.6 Å². The average molecular weight is 540 g/mol. The lowest BCUT2D eigenvalue weighted by Crippen LogP contribution is -2.46. The van der Waals surface area contributed by atoms with E-state index in [4.69, 9.17) is 18.9 Å². The molecule has 1 unspecified atom stereocenters. The van der Waals surface area contributed by atoms with Gasteiger partial charge in [0.2, 0.25) is 0 Å². The Kier molecular flexibility index (Phi) is 10.5. The molecule has 0 fully saturated rings. The Morgan fingerprint density at radius 1 is 1.03 bits per heavy atom. The molecule has 0 radical (unpaired) electrons. The lowest BCUT2D eigenvalue weighted by molar-refractivity contribution is -0.00482. The number of hydrogen-bond donors (Lipinski definition) is 2. The van der Waals surface area contributed by atoms with Gasteiger partial charge in [-0.3, -0.25) is 0 Å². The van der Waals surface area contributed by atoms with Crippen LogP contribution in [0.5, 0.6) is 17.2 Å². The summed E-state index contributed by atoms with van der Waals surface area (Å²) in [5, 5.41) is 13.9. The number of esters is 1. The fourth-order valence-electron chi connectivity index (χ4n) is 4.14. The number of aliphatic hydroxyl groups excluding tert-OH is 1. The molecule has 3 aromatic carbocycles. The van der Waals surface area contributed by atoms with Gasteiger partial charge in [0.1, 0.15) is 11.6 Å². The highest BCUT2D eigenvalue weighted by molar-refractivity contribution is 5.90. The maximum absolute atomic E-state index is 13.9. The Morgan fingerprint density at radius 3 is 2.46 bits per heavy atom. The van der Waals surface area contributed by atoms with E-state index in [2.05, 4.69) is 5.32 Å². The SMILES string of the molecule is COC(=O)c1ccc(Oc2ccccc2C(C)OC[C@H](O)CNC(C)(C)Cc2ccc(C)c(F)c2)c(OC)c1. The first kappa shape index (κ1) is 30.1. The van der Waals surface area contributed by atoms with Crippen LogP contribution in [0, 0.1) is 12.7 Å². The van der Waals surface area contributed by atoms with Crippen molar-refractivity contribution < 1.29 is 33.2 Å². The Balaban J connectivity index is 1.58. The second-order valence-corrected chi connectivity index (χ2v) is 10.2. The topological polar surface area (TPSA) is 86.3 Å². The van der Waals surface area contributed by atoms with Crippen LogP contribution in [0.3, 0.4) is 0 Å². The number of para-hydroxylation sites is 1. The summed E-state index contributed by atoms with van der Waals surface area (Å²) in [4.78, 5) is 11.9. The third-order valence-corrected chi connectivity index (χ3v) is 6.40. The Morgan fingerprint density at radius 2 is 1.77 bits per heavy atom. The quantitative estimate of drug-likeness (QED) is 0.267. The Hall–Kier alpha value is -3.46. The highest BCUT2D eigenvalue weighted by atomic mass is 19.1. The Bertz CT molecular complexity index is 1260. The third-order valence-electron chi connectivity index (χ3n) is 6.40. The summed E-state index contributed by atoms with van der Waals surface area (Å²) in [6.07, 6.45) is -0.511. The van der Waals surface area contributed by atoms with Crippen molar-refractivity contribution in [2.45, 2.75) is 51.9 Å². The minimum atomic E-state index is -0.750. The monoisotopic (exact) mass is 539 g/mol. The van der Waals surface area contributed by atoms with E-state index in [1.54, 1.807) is 37.3 Å². The van der Waals surface area contributed by atoms with Gasteiger partial charge < -0.3 is 29.4 Å². The number of aliphatic hydroxyl groups is 1. The zero-order valence-electron chi connectivity index (χ0n) is 23.4. The minimum absolute atomic E-state index is 0.106. The molecule has 8 heteroatoms. The van der Waals surface area contributed by atoms with Crippen molar-refractivity contribution >= 4 is 5.97 Å². The zero-order valence-corrected chi connectivity index (χ0v) is 23.4. The highest BCUT2D eigenvalue weighted by Crippen LogP contribution is 2.36. The van der Waals surface area contributed by atoms with E-state index >= 15 is 0 Å². The first-order valence-electron chi connectivity index (χ1n) is 12.9. The van der Waals surface area contributed by atoms with Crippen molar-refractivity contribution in [3.05, 3.63) is 88.7 Å². The van der Waals surface area contributed by atoms with Gasteiger partial charge in [-0.2, -0.15) is 0 Å². The van der Waals surface area contributed by atoms with Gasteiger partial charge >= 0.3 is 5.97 Å². The number of β-amino-alcohol motifs (C(OH)–C–C–N with tert-alkyl or cyclic N) is 1. The van der Waals surface area contributed by atoms with Crippen molar-refractivity contribution in [3.63, 3.8) is 0 Å². The maximum Gasteiger partial charge on any atom is 0.337 e. The van der Waals surface area contributed by atoms with E-state index in [-0.39, 0.29) is 24.1 Å². The van der Waals surface area contributed by atoms with Crippen LogP contribution >= 0.6 is 0 Å². The van der Waals surface area contributed by atoms with E-state index in [9.17, 15) is 14.3 Å². The standard InChI is InChI=1S/C31H38FNO6/c1-20-11-12-22(15-26(20)32)17-31(3,4)33-18-24(34)19-38-21(2)25-9-7-8-10-27(25)39-28-14-13-23(30(35)37-6)16-29(28)36-5/h7-16,21,24,33-34H,17-19H2,1-6H3/t21?,24-/m1/s1. The number of rotatable bonds is 13. The molecular formula is C31H38FNO6. The molecule has 39 heavy (non-hydrogen) atoms. The van der Waals surface area contributed by atoms with Gasteiger partial charge in [-0.25, -0.2) is 9.18 Å². The van der Waals surface area contributed by atoms with E-state index in [0.717, 1.165) is 11.1 Å². The summed E-state index contributed by atoms with van der Waals surface area (Å²) in [7, 11) is 2.81. The molecule has 7 nitrogen and oxygen atoms in total. The Labute approximate surface area is 229 Å². The molecule has 0 amide bonds. The molecule has 210 valence electrons. The third kappa shape index (κ3) is 8.51. The van der Waals surface area contributed by atoms with Crippen LogP contribution in [0.2, 0.25) is 0 Å². The average Bonchev–Trinajstić information content (AvgIpc) is 2.92. The van der Waals surface area contributed by atoms with Crippen molar-refractivity contribution in [2.75, 3.05) is 27.4 Å². The molecule has 0 aromatic heterocycles. The van der Waals surface area contributed by atoms with Crippen molar-refractivity contribution in [1.29, 1.82) is 0 Å². The molecule has 0 spiro atoms. The molecule has 3 rings (SSSR count). The van der Waals surface area contributed by atoms with Crippen LogP contribution in [0.4, 0.5) is 4.39 Å². The molecule has 0 aliphatic heterocycles. The van der Waals surface area contributed by atoms with Crippen LogP contribution in [0.15, 0.2) is 60.7 Å². The summed E-state index contributed by atoms with van der Waals surface area (Å²) in [6.45, 7) is 8.08. The van der Waals surface area contributed by atoms with Crippen LogP contribution < -0.4 is 14.8 Å². The van der Waals surface area contributed by atoms with Crippen molar-refractivity contribution in [1.82, 2.24) is 5.32 Å². The van der Waals surface area contributed by atoms with E-state index in [0.29, 0.717) is 41.3 Å². The molecule has 0 saturated carbocycles. The normalized spacial score (nSPS) is 13.0. The number of halogens is 1. The summed E-state index contributed by atoms with van der Waals surface area (Å²) in [5.74, 6) is 0.700. The molecule has 2 N–H and O–H groups in total. The second kappa shape index (κ2) is 13.6. The summed E-state index contributed by atoms with van der Waals surface area (Å²) in [5.41, 5.74) is 2.30. The van der Waals surface area contributed by atoms with Gasteiger partial charge in [0.15, 0.2) is 11.5 Å². The van der Waals surface area contributed by atoms with Crippen LogP contribution in [0.1, 0.15) is 53.9 Å². The van der Waals surface area contributed by atoms with Gasteiger partial charge in [0.05, 0.1) is 38.6 Å². The van der Waals surface area contributed by atoms with Crippen LogP contribution in [0.25, 0.3) is 0 Å². The lowest BCUT2D eigenvalue weighted by Gasteiger charge is -2.28. The van der Waals surface area contributed by atoms with E-state index in [1.165, 1.54) is 14.2 Å². The molecule has 0 saturated heterocycles. The minimum Gasteiger partial charge on any atom is -0.493 e. The second-order valence-electron chi connectivity index (χ2n) is 10.2. The van der Waals surface area contributed by atoms with Crippen molar-refractivity contribution in [3.8, 4) is 17.2 Å². The van der Waals surface area contributed by atoms with E-state index in [1.807, 2.05) is 51.1 Å². The molecule has 2 atom stereocenters. The number of aryl methyl sites for hydroxylation is 1.